The molecule has 0 saturated carbocycles. The van der Waals surface area contributed by atoms with E-state index in [1.165, 1.54) is 16.4 Å². The summed E-state index contributed by atoms with van der Waals surface area (Å²) >= 11 is 5.90. The average molecular weight is 419 g/mol. The normalized spacial score (nSPS) is 15.7. The molecule has 0 bridgehead atoms. The van der Waals surface area contributed by atoms with Crippen LogP contribution in [0.3, 0.4) is 0 Å². The molecule has 0 spiro atoms. The van der Waals surface area contributed by atoms with Crippen LogP contribution in [0, 0.1) is 11.3 Å². The Hall–Kier alpha value is -2.44. The summed E-state index contributed by atoms with van der Waals surface area (Å²) in [6.07, 6.45) is 0. The van der Waals surface area contributed by atoms with Crippen molar-refractivity contribution >= 4 is 33.2 Å². The van der Waals surface area contributed by atoms with Gasteiger partial charge in [-0.25, -0.2) is 8.42 Å². The minimum atomic E-state index is -3.61. The molecular formula is C19H19ClN4O3S. The predicted molar refractivity (Wildman–Crippen MR) is 106 cm³/mol. The smallest absolute Gasteiger partial charge is 0.243 e. The predicted octanol–water partition coefficient (Wildman–Crippen LogP) is 2.16. The van der Waals surface area contributed by atoms with Crippen LogP contribution in [0.5, 0.6) is 0 Å². The Morgan fingerprint density at radius 2 is 1.82 bits per heavy atom. The van der Waals surface area contributed by atoms with Gasteiger partial charge in [-0.15, -0.1) is 0 Å². The molecule has 7 nitrogen and oxygen atoms in total. The molecule has 0 unspecified atom stereocenters. The molecule has 9 heteroatoms. The zero-order valence-corrected chi connectivity index (χ0v) is 16.6. The molecule has 0 radical (unpaired) electrons. The summed E-state index contributed by atoms with van der Waals surface area (Å²) in [4.78, 5) is 14.3. The monoisotopic (exact) mass is 418 g/mol. The second kappa shape index (κ2) is 8.71. The first-order valence-corrected chi connectivity index (χ1v) is 10.5. The van der Waals surface area contributed by atoms with Crippen molar-refractivity contribution in [1.29, 1.82) is 5.26 Å². The number of para-hydroxylation sites is 1. The second-order valence-corrected chi connectivity index (χ2v) is 8.72. The zero-order chi connectivity index (χ0) is 20.1. The Kier molecular flexibility index (Phi) is 6.31. The molecule has 28 heavy (non-hydrogen) atoms. The first-order chi connectivity index (χ1) is 13.4. The van der Waals surface area contributed by atoms with Gasteiger partial charge in [0.05, 0.1) is 22.7 Å². The van der Waals surface area contributed by atoms with Crippen LogP contribution in [0.1, 0.15) is 5.56 Å². The van der Waals surface area contributed by atoms with E-state index < -0.39 is 10.0 Å². The highest BCUT2D eigenvalue weighted by Gasteiger charge is 2.29. The number of piperazine rings is 1. The lowest BCUT2D eigenvalue weighted by Crippen LogP contribution is -2.50. The summed E-state index contributed by atoms with van der Waals surface area (Å²) in [5.41, 5.74) is 0.866. The van der Waals surface area contributed by atoms with Crippen molar-refractivity contribution in [1.82, 2.24) is 9.21 Å². The van der Waals surface area contributed by atoms with E-state index in [1.54, 1.807) is 36.4 Å². The van der Waals surface area contributed by atoms with Crippen LogP contribution in [0.25, 0.3) is 0 Å². The molecule has 2 aromatic carbocycles. The number of nitrogens with zero attached hydrogens (tertiary/aromatic N) is 3. The maximum absolute atomic E-state index is 12.7. The number of rotatable bonds is 5. The van der Waals surface area contributed by atoms with Crippen LogP contribution in [-0.2, 0) is 14.8 Å². The minimum absolute atomic E-state index is 0.130. The van der Waals surface area contributed by atoms with Gasteiger partial charge in [-0.3, -0.25) is 9.69 Å². The van der Waals surface area contributed by atoms with Gasteiger partial charge in [0.1, 0.15) is 6.07 Å². The molecule has 1 aliphatic heterocycles. The Bertz CT molecular complexity index is 1010. The average Bonchev–Trinajstić information content (AvgIpc) is 2.69. The van der Waals surface area contributed by atoms with Crippen molar-refractivity contribution in [3.05, 3.63) is 59.1 Å². The molecule has 1 heterocycles. The highest BCUT2D eigenvalue weighted by Crippen LogP contribution is 2.21. The molecule has 0 atom stereocenters. The summed E-state index contributed by atoms with van der Waals surface area (Å²) in [5.74, 6) is -0.242. The Balaban J connectivity index is 1.57. The lowest BCUT2D eigenvalue weighted by Gasteiger charge is -2.33. The fraction of sp³-hybridized carbons (Fsp3) is 0.263. The van der Waals surface area contributed by atoms with Crippen molar-refractivity contribution in [3.8, 4) is 6.07 Å². The van der Waals surface area contributed by atoms with Crippen molar-refractivity contribution in [2.24, 2.45) is 0 Å². The minimum Gasteiger partial charge on any atom is -0.324 e. The highest BCUT2D eigenvalue weighted by atomic mass is 35.5. The third-order valence-corrected chi connectivity index (χ3v) is 6.58. The third-order valence-electron chi connectivity index (χ3n) is 4.45. The molecule has 1 aliphatic rings. The SMILES string of the molecule is N#Cc1ccccc1NC(=O)CN1CCN(S(=O)(=O)c2cccc(Cl)c2)CC1. The first kappa shape index (κ1) is 20.3. The lowest BCUT2D eigenvalue weighted by atomic mass is 10.2. The van der Waals surface area contributed by atoms with E-state index in [2.05, 4.69) is 5.32 Å². The van der Waals surface area contributed by atoms with Crippen LogP contribution in [-0.4, -0.2) is 56.3 Å². The van der Waals surface area contributed by atoms with Crippen molar-refractivity contribution < 1.29 is 13.2 Å². The first-order valence-electron chi connectivity index (χ1n) is 8.67. The highest BCUT2D eigenvalue weighted by molar-refractivity contribution is 7.89. The molecule has 1 amide bonds. The van der Waals surface area contributed by atoms with Crippen molar-refractivity contribution in [2.75, 3.05) is 38.0 Å². The van der Waals surface area contributed by atoms with Gasteiger partial charge < -0.3 is 5.32 Å². The number of hydrogen-bond donors (Lipinski definition) is 1. The number of nitrogens with one attached hydrogen (secondary N) is 1. The maximum Gasteiger partial charge on any atom is 0.243 e. The van der Waals surface area contributed by atoms with E-state index in [9.17, 15) is 13.2 Å². The van der Waals surface area contributed by atoms with E-state index in [-0.39, 0.29) is 30.4 Å². The topological polar surface area (TPSA) is 93.5 Å². The van der Waals surface area contributed by atoms with E-state index in [1.807, 2.05) is 11.0 Å². The summed E-state index contributed by atoms with van der Waals surface area (Å²) in [6, 6.07) is 15.0. The van der Waals surface area contributed by atoms with E-state index in [0.717, 1.165) is 0 Å². The van der Waals surface area contributed by atoms with Crippen LogP contribution in [0.2, 0.25) is 5.02 Å². The second-order valence-electron chi connectivity index (χ2n) is 6.34. The standard InChI is InChI=1S/C19H19ClN4O3S/c20-16-5-3-6-17(12-16)28(26,27)24-10-8-23(9-11-24)14-19(25)22-18-7-2-1-4-15(18)13-21/h1-7,12H,8-11,14H2,(H,22,25). The van der Waals surface area contributed by atoms with Gasteiger partial charge in [0.2, 0.25) is 15.9 Å². The van der Waals surface area contributed by atoms with E-state index in [4.69, 9.17) is 16.9 Å². The Morgan fingerprint density at radius 3 is 2.50 bits per heavy atom. The molecule has 1 fully saturated rings. The quantitative estimate of drug-likeness (QED) is 0.803. The molecule has 1 N–H and O–H groups in total. The maximum atomic E-state index is 12.7. The number of sulfonamides is 1. The fourth-order valence-corrected chi connectivity index (χ4v) is 4.71. The van der Waals surface area contributed by atoms with Gasteiger partial charge in [0.25, 0.3) is 0 Å². The molecule has 146 valence electrons. The summed E-state index contributed by atoms with van der Waals surface area (Å²) in [5, 5.41) is 12.2. The van der Waals surface area contributed by atoms with Crippen LogP contribution in [0.15, 0.2) is 53.4 Å². The number of carbonyl (C=O) groups excluding carboxylic acids is 1. The summed E-state index contributed by atoms with van der Waals surface area (Å²) in [6.45, 7) is 1.58. The number of halogens is 1. The van der Waals surface area contributed by atoms with Gasteiger partial charge in [-0.2, -0.15) is 9.57 Å². The number of anilines is 1. The number of hydrogen-bond acceptors (Lipinski definition) is 5. The Labute approximate surface area is 169 Å². The van der Waals surface area contributed by atoms with E-state index >= 15 is 0 Å². The molecular weight excluding hydrogens is 400 g/mol. The van der Waals surface area contributed by atoms with Gasteiger partial charge in [-0.05, 0) is 30.3 Å². The largest absolute Gasteiger partial charge is 0.324 e. The van der Waals surface area contributed by atoms with Gasteiger partial charge in [-0.1, -0.05) is 29.8 Å². The van der Waals surface area contributed by atoms with E-state index in [0.29, 0.717) is 29.4 Å². The number of carbonyl (C=O) groups is 1. The molecule has 1 saturated heterocycles. The zero-order valence-electron chi connectivity index (χ0n) is 15.0. The van der Waals surface area contributed by atoms with Crippen LogP contribution < -0.4 is 5.32 Å². The van der Waals surface area contributed by atoms with Gasteiger partial charge in [0, 0.05) is 31.2 Å². The van der Waals surface area contributed by atoms with Crippen molar-refractivity contribution in [3.63, 3.8) is 0 Å². The summed E-state index contributed by atoms with van der Waals surface area (Å²) in [7, 11) is -3.61. The molecule has 0 aromatic heterocycles. The fourth-order valence-electron chi connectivity index (χ4n) is 2.99. The van der Waals surface area contributed by atoms with Crippen molar-refractivity contribution in [2.45, 2.75) is 4.90 Å². The van der Waals surface area contributed by atoms with Crippen LogP contribution >= 0.6 is 11.6 Å². The molecule has 3 rings (SSSR count). The number of amides is 1. The third kappa shape index (κ3) is 4.69. The van der Waals surface area contributed by atoms with Gasteiger partial charge in [0.15, 0.2) is 0 Å². The van der Waals surface area contributed by atoms with Gasteiger partial charge >= 0.3 is 0 Å². The van der Waals surface area contributed by atoms with Crippen LogP contribution in [0.4, 0.5) is 5.69 Å². The molecule has 0 aliphatic carbocycles. The number of nitriles is 1. The number of benzene rings is 2. The Morgan fingerprint density at radius 1 is 1.11 bits per heavy atom. The lowest BCUT2D eigenvalue weighted by molar-refractivity contribution is -0.117. The molecule has 2 aromatic rings. The summed E-state index contributed by atoms with van der Waals surface area (Å²) < 4.78 is 26.8.